The summed E-state index contributed by atoms with van der Waals surface area (Å²) in [5.74, 6) is -1.06. The third-order valence-corrected chi connectivity index (χ3v) is 13.2. The molecular formula is C40H60KN3O14S2. The summed E-state index contributed by atoms with van der Waals surface area (Å²) in [6.07, 6.45) is 2.03. The van der Waals surface area contributed by atoms with Crippen molar-refractivity contribution < 1.29 is 117 Å². The minimum absolute atomic E-state index is 0. The molecule has 17 nitrogen and oxygen atoms in total. The Kier molecular flexibility index (Phi) is 22.0. The molecule has 2 aromatic carbocycles. The molecule has 2 heterocycles. The number of unbranched alkanes of at least 4 members (excludes halogenated alkanes) is 1. The van der Waals surface area contributed by atoms with E-state index in [0.29, 0.717) is 30.4 Å². The molecule has 1 unspecified atom stereocenters. The number of ether oxygens (including phenoxy) is 2. The van der Waals surface area contributed by atoms with E-state index in [0.717, 1.165) is 18.5 Å². The van der Waals surface area contributed by atoms with Gasteiger partial charge in [-0.25, -0.2) is 17.4 Å². The number of hydrogen-bond donors (Lipinski definition) is 6. The van der Waals surface area contributed by atoms with E-state index in [1.807, 2.05) is 57.1 Å². The molecule has 332 valence electrons. The Bertz CT molecular complexity index is 1970. The van der Waals surface area contributed by atoms with Gasteiger partial charge in [-0.05, 0) is 60.7 Å². The molecule has 0 radical (unpaired) electrons. The predicted octanol–water partition coefficient (Wildman–Crippen LogP) is -0.930. The number of allylic oxidation sites excluding steroid dienone is 3. The smallest absolute Gasteiger partial charge is 0.855 e. The molecule has 1 aliphatic carbocycles. The summed E-state index contributed by atoms with van der Waals surface area (Å²) < 4.78 is 75.9. The summed E-state index contributed by atoms with van der Waals surface area (Å²) in [4.78, 5) is 15.5. The molecule has 60 heavy (non-hydrogen) atoms. The first-order valence-electron chi connectivity index (χ1n) is 19.5. The molecule has 5 rings (SSSR count). The number of urea groups is 1. The first kappa shape index (κ1) is 54.3. The molecule has 0 spiro atoms. The number of benzene rings is 2. The van der Waals surface area contributed by atoms with Crippen LogP contribution in [0.1, 0.15) is 69.9 Å². The van der Waals surface area contributed by atoms with Crippen molar-refractivity contribution in [1.29, 1.82) is 0 Å². The molecule has 8 N–H and O–H groups in total. The van der Waals surface area contributed by atoms with Crippen molar-refractivity contribution in [3.63, 3.8) is 0 Å². The molecular weight excluding hydrogens is 850 g/mol. The average Bonchev–Trinajstić information content (AvgIpc) is 3.24. The summed E-state index contributed by atoms with van der Waals surface area (Å²) in [7, 11) is -5.05. The Balaban J connectivity index is 0.00000241. The molecule has 2 amide bonds. The molecule has 2 aromatic rings. The number of carbonyl (C=O) groups excluding carboxylic acids is 1. The van der Waals surface area contributed by atoms with Crippen LogP contribution in [-0.2, 0) is 33.9 Å². The van der Waals surface area contributed by atoms with Gasteiger partial charge in [0.15, 0.2) is 16.1 Å². The molecule has 0 bridgehead atoms. The Labute approximate surface area is 396 Å². The van der Waals surface area contributed by atoms with Gasteiger partial charge in [0.25, 0.3) is 0 Å². The number of rotatable bonds is 14. The standard InChI is InChI=1S/C38H53N3O12S2.C2H5O.K.H2O/c1-5-7-18-38(6-2)23-54(46,47)30-17-16-27(41(3)4)20-28(30)31(35(38)44)25-14-11-15-26(19-25)39-37(45)40-36-33(43)34(51-21-24-12-9-8-10-13-24)32(42)29(53-36)22-52-55(48,49)50;1-2-3;;/h8-12,14-17,19-20,24,29,31-36,42-44H,5-7,13,18,21-23H2,1-4H3,(H2,39,40,45)(H,48,49,50);2H2,1H3;;1H2/q;-1;+1;/t24?,29-,31-,32-,33-,34+,35-,36-,38-;;;/m1.../s1. The SMILES string of the molecule is CCCC[C@]1(CC)CS(=O)(=O)c2ccc(N(C)C)cc2[C@@H](c2cccc(NC(=O)N[C@@H]3O[C@H](COS(=O)(=O)O)[C@@H](O)[C@H](OCC4C=CC=CC4)[C@H]3O)c2)[C@H]1O.CC[O-].O.[K+]. The van der Waals surface area contributed by atoms with E-state index >= 15 is 0 Å². The largest absolute Gasteiger partial charge is 1.00 e. The number of amides is 2. The van der Waals surface area contributed by atoms with Crippen LogP contribution >= 0.6 is 0 Å². The Morgan fingerprint density at radius 1 is 1.05 bits per heavy atom. The maximum atomic E-state index is 14.0. The normalized spacial score (nSPS) is 28.0. The van der Waals surface area contributed by atoms with Crippen molar-refractivity contribution in [2.45, 2.75) is 100 Å². The van der Waals surface area contributed by atoms with Gasteiger partial charge in [-0.2, -0.15) is 8.42 Å². The van der Waals surface area contributed by atoms with E-state index in [9.17, 15) is 36.9 Å². The minimum atomic E-state index is -4.92. The number of hydrogen-bond acceptors (Lipinski definition) is 13. The second kappa shape index (κ2) is 24.3. The van der Waals surface area contributed by atoms with E-state index in [1.165, 1.54) is 0 Å². The minimum Gasteiger partial charge on any atom is -0.855 e. The number of nitrogens with one attached hydrogen (secondary N) is 2. The van der Waals surface area contributed by atoms with Crippen molar-refractivity contribution in [1.82, 2.24) is 5.32 Å². The summed E-state index contributed by atoms with van der Waals surface area (Å²) in [5, 5.41) is 48.7. The van der Waals surface area contributed by atoms with Crippen LogP contribution < -0.4 is 72.0 Å². The van der Waals surface area contributed by atoms with E-state index in [2.05, 4.69) is 14.8 Å². The van der Waals surface area contributed by atoms with Gasteiger partial charge in [0.05, 0.1) is 30.0 Å². The van der Waals surface area contributed by atoms with Crippen LogP contribution in [0, 0.1) is 11.3 Å². The zero-order chi connectivity index (χ0) is 42.8. The molecule has 1 saturated heterocycles. The molecule has 0 aromatic heterocycles. The van der Waals surface area contributed by atoms with Crippen molar-refractivity contribution in [3.8, 4) is 0 Å². The maximum Gasteiger partial charge on any atom is 1.00 e. The van der Waals surface area contributed by atoms with Crippen LogP contribution in [0.15, 0.2) is 71.7 Å². The fraction of sp³-hybridized carbons (Fsp3) is 0.575. The van der Waals surface area contributed by atoms with Gasteiger partial charge in [-0.15, -0.1) is 6.61 Å². The van der Waals surface area contributed by atoms with E-state index < -0.39 is 81.0 Å². The van der Waals surface area contributed by atoms with Gasteiger partial charge in [-0.3, -0.25) is 4.55 Å². The van der Waals surface area contributed by atoms with Crippen molar-refractivity contribution in [3.05, 3.63) is 77.9 Å². The van der Waals surface area contributed by atoms with Crippen LogP contribution in [0.4, 0.5) is 16.2 Å². The first-order valence-corrected chi connectivity index (χ1v) is 22.5. The predicted molar refractivity (Wildman–Crippen MR) is 220 cm³/mol. The van der Waals surface area contributed by atoms with Gasteiger partial charge in [0, 0.05) is 42.7 Å². The summed E-state index contributed by atoms with van der Waals surface area (Å²) in [6.45, 7) is 4.73. The van der Waals surface area contributed by atoms with E-state index in [4.69, 9.17) is 19.1 Å². The zero-order valence-electron chi connectivity index (χ0n) is 35.1. The van der Waals surface area contributed by atoms with Crippen LogP contribution in [0.25, 0.3) is 0 Å². The third kappa shape index (κ3) is 14.1. The molecule has 9 atom stereocenters. The van der Waals surface area contributed by atoms with Crippen LogP contribution in [0.5, 0.6) is 0 Å². The molecule has 2 aliphatic heterocycles. The van der Waals surface area contributed by atoms with Crippen molar-refractivity contribution in [2.75, 3.05) is 49.9 Å². The van der Waals surface area contributed by atoms with E-state index in [1.54, 1.807) is 49.4 Å². The monoisotopic (exact) mass is 909 g/mol. The fourth-order valence-electron chi connectivity index (χ4n) is 7.64. The number of anilines is 2. The van der Waals surface area contributed by atoms with Crippen LogP contribution in [0.3, 0.4) is 0 Å². The quantitative estimate of drug-likeness (QED) is 0.0988. The molecule has 3 aliphatic rings. The first-order chi connectivity index (χ1) is 27.4. The number of sulfone groups is 1. The topological polar surface area (TPSA) is 276 Å². The molecule has 20 heteroatoms. The Hall–Kier alpha value is -1.83. The number of carbonyl (C=O) groups is 1. The maximum absolute atomic E-state index is 14.0. The number of aliphatic hydroxyl groups is 3. The summed E-state index contributed by atoms with van der Waals surface area (Å²) in [6, 6.07) is 11.0. The van der Waals surface area contributed by atoms with Crippen molar-refractivity contribution in [2.24, 2.45) is 11.3 Å². The zero-order valence-corrected chi connectivity index (χ0v) is 39.8. The number of fused-ring (bicyclic) bond motifs is 1. The van der Waals surface area contributed by atoms with Crippen LogP contribution in [-0.4, -0.2) is 125 Å². The summed E-state index contributed by atoms with van der Waals surface area (Å²) in [5.41, 5.74) is 1.09. The third-order valence-electron chi connectivity index (χ3n) is 10.7. The second-order valence-corrected chi connectivity index (χ2v) is 18.1. The summed E-state index contributed by atoms with van der Waals surface area (Å²) >= 11 is 0. The molecule has 0 saturated carbocycles. The van der Waals surface area contributed by atoms with E-state index in [-0.39, 0.29) is 92.3 Å². The van der Waals surface area contributed by atoms with Gasteiger partial charge >= 0.3 is 67.8 Å². The van der Waals surface area contributed by atoms with Gasteiger partial charge in [0.1, 0.15) is 24.4 Å². The Morgan fingerprint density at radius 2 is 1.75 bits per heavy atom. The van der Waals surface area contributed by atoms with Gasteiger partial charge < -0.3 is 50.9 Å². The number of nitrogens with zero attached hydrogens (tertiary/aromatic N) is 1. The van der Waals surface area contributed by atoms with Gasteiger partial charge in [0.2, 0.25) is 0 Å². The number of aliphatic hydroxyl groups excluding tert-OH is 3. The average molecular weight is 910 g/mol. The second-order valence-electron chi connectivity index (χ2n) is 15.0. The fourth-order valence-corrected chi connectivity index (χ4v) is 10.2. The molecule has 1 fully saturated rings. The van der Waals surface area contributed by atoms with Crippen LogP contribution in [0.2, 0.25) is 0 Å². The Morgan fingerprint density at radius 3 is 2.35 bits per heavy atom. The van der Waals surface area contributed by atoms with Crippen molar-refractivity contribution >= 4 is 37.6 Å². The van der Waals surface area contributed by atoms with Gasteiger partial charge in [-0.1, -0.05) is 70.0 Å².